The van der Waals surface area contributed by atoms with Gasteiger partial charge >= 0.3 is 6.18 Å². The second-order valence-corrected chi connectivity index (χ2v) is 4.82. The van der Waals surface area contributed by atoms with Crippen molar-refractivity contribution in [2.45, 2.75) is 26.1 Å². The van der Waals surface area contributed by atoms with Crippen LogP contribution < -0.4 is 11.1 Å². The van der Waals surface area contributed by atoms with Crippen LogP contribution in [-0.4, -0.2) is 0 Å². The van der Waals surface area contributed by atoms with Gasteiger partial charge in [0.15, 0.2) is 0 Å². The van der Waals surface area contributed by atoms with E-state index in [-0.39, 0.29) is 5.69 Å². The van der Waals surface area contributed by atoms with Gasteiger partial charge in [-0.2, -0.15) is 13.2 Å². The molecule has 0 atom stereocenters. The predicted octanol–water partition coefficient (Wildman–Crippen LogP) is 4.46. The lowest BCUT2D eigenvalue weighted by atomic mass is 10.1. The Balaban J connectivity index is 2.09. The molecule has 112 valence electrons. The largest absolute Gasteiger partial charge is 0.418 e. The van der Waals surface area contributed by atoms with Crippen LogP contribution in [0.25, 0.3) is 0 Å². The van der Waals surface area contributed by atoms with Crippen LogP contribution in [0.15, 0.2) is 42.5 Å². The Labute approximate surface area is 121 Å². The minimum Gasteiger partial charge on any atom is -0.398 e. The van der Waals surface area contributed by atoms with Crippen molar-refractivity contribution in [1.82, 2.24) is 0 Å². The van der Waals surface area contributed by atoms with Gasteiger partial charge in [0.2, 0.25) is 0 Å². The van der Waals surface area contributed by atoms with Gasteiger partial charge in [-0.1, -0.05) is 31.2 Å². The lowest BCUT2D eigenvalue weighted by Crippen LogP contribution is -2.10. The topological polar surface area (TPSA) is 38.0 Å². The van der Waals surface area contributed by atoms with Gasteiger partial charge in [0.1, 0.15) is 0 Å². The van der Waals surface area contributed by atoms with Gasteiger partial charge in [0.05, 0.1) is 5.56 Å². The Morgan fingerprint density at radius 1 is 1.00 bits per heavy atom. The zero-order valence-corrected chi connectivity index (χ0v) is 11.7. The fourth-order valence-corrected chi connectivity index (χ4v) is 2.01. The first kappa shape index (κ1) is 15.2. The molecule has 0 amide bonds. The van der Waals surface area contributed by atoms with Crippen LogP contribution in [0.3, 0.4) is 0 Å². The number of nitrogens with one attached hydrogen (secondary N) is 1. The van der Waals surface area contributed by atoms with E-state index in [1.54, 1.807) is 6.07 Å². The van der Waals surface area contributed by atoms with Crippen molar-refractivity contribution >= 4 is 11.4 Å². The maximum atomic E-state index is 12.8. The lowest BCUT2D eigenvalue weighted by Gasteiger charge is -2.13. The van der Waals surface area contributed by atoms with Gasteiger partial charge in [-0.15, -0.1) is 0 Å². The summed E-state index contributed by atoms with van der Waals surface area (Å²) in [5.74, 6) is 0. The molecule has 0 aliphatic heterocycles. The number of hydrogen-bond donors (Lipinski definition) is 2. The van der Waals surface area contributed by atoms with Crippen molar-refractivity contribution in [2.24, 2.45) is 0 Å². The van der Waals surface area contributed by atoms with Crippen molar-refractivity contribution in [3.8, 4) is 0 Å². The smallest absolute Gasteiger partial charge is 0.398 e. The summed E-state index contributed by atoms with van der Waals surface area (Å²) in [5, 5.41) is 2.98. The molecule has 3 N–H and O–H groups in total. The molecular formula is C16H17F3N2. The van der Waals surface area contributed by atoms with E-state index in [1.807, 2.05) is 24.3 Å². The molecule has 0 unspecified atom stereocenters. The van der Waals surface area contributed by atoms with E-state index in [0.717, 1.165) is 18.1 Å². The third kappa shape index (κ3) is 3.90. The van der Waals surface area contributed by atoms with Gasteiger partial charge in [-0.25, -0.2) is 0 Å². The van der Waals surface area contributed by atoms with Gasteiger partial charge < -0.3 is 11.1 Å². The van der Waals surface area contributed by atoms with Crippen molar-refractivity contribution in [3.63, 3.8) is 0 Å². The Kier molecular flexibility index (Phi) is 4.40. The van der Waals surface area contributed by atoms with Crippen molar-refractivity contribution in [3.05, 3.63) is 59.2 Å². The molecule has 0 bridgehead atoms. The number of rotatable bonds is 4. The zero-order valence-electron chi connectivity index (χ0n) is 11.7. The molecular weight excluding hydrogens is 277 g/mol. The molecule has 0 saturated heterocycles. The van der Waals surface area contributed by atoms with Crippen LogP contribution >= 0.6 is 0 Å². The van der Waals surface area contributed by atoms with Crippen LogP contribution in [-0.2, 0) is 19.1 Å². The average Bonchev–Trinajstić information content (AvgIpc) is 2.45. The van der Waals surface area contributed by atoms with Crippen LogP contribution in [0, 0.1) is 0 Å². The molecule has 0 spiro atoms. The van der Waals surface area contributed by atoms with Crippen LogP contribution in [0.2, 0.25) is 0 Å². The molecule has 21 heavy (non-hydrogen) atoms. The quantitative estimate of drug-likeness (QED) is 0.817. The molecule has 0 aromatic heterocycles. The molecule has 0 saturated carbocycles. The number of anilines is 2. The van der Waals surface area contributed by atoms with E-state index in [4.69, 9.17) is 5.73 Å². The van der Waals surface area contributed by atoms with E-state index in [2.05, 4.69) is 12.2 Å². The normalized spacial score (nSPS) is 11.4. The Morgan fingerprint density at radius 3 is 2.19 bits per heavy atom. The number of benzene rings is 2. The molecule has 0 fully saturated rings. The molecule has 0 heterocycles. The van der Waals surface area contributed by atoms with E-state index in [1.165, 1.54) is 11.6 Å². The highest BCUT2D eigenvalue weighted by molar-refractivity contribution is 5.58. The van der Waals surface area contributed by atoms with Crippen molar-refractivity contribution in [2.75, 3.05) is 11.1 Å². The summed E-state index contributed by atoms with van der Waals surface area (Å²) in [7, 11) is 0. The van der Waals surface area contributed by atoms with E-state index < -0.39 is 11.7 Å². The minimum atomic E-state index is -4.44. The third-order valence-corrected chi connectivity index (χ3v) is 3.29. The minimum absolute atomic E-state index is 0.264. The molecule has 2 aromatic rings. The van der Waals surface area contributed by atoms with Crippen LogP contribution in [0.1, 0.15) is 23.6 Å². The second-order valence-electron chi connectivity index (χ2n) is 4.82. The number of nitrogen functional groups attached to an aromatic ring is 1. The highest BCUT2D eigenvalue weighted by Gasteiger charge is 2.33. The summed E-state index contributed by atoms with van der Waals surface area (Å²) < 4.78 is 38.3. The maximum Gasteiger partial charge on any atom is 0.418 e. The Bertz CT molecular complexity index is 604. The third-order valence-electron chi connectivity index (χ3n) is 3.29. The number of nitrogens with two attached hydrogens (primary N) is 1. The summed E-state index contributed by atoms with van der Waals surface area (Å²) in [6.45, 7) is 2.53. The number of aryl methyl sites for hydroxylation is 1. The Morgan fingerprint density at radius 2 is 1.62 bits per heavy atom. The molecule has 0 aliphatic rings. The summed E-state index contributed by atoms with van der Waals surface area (Å²) >= 11 is 0. The standard InChI is InChI=1S/C16H17F3N2/c1-2-11-3-5-12(6-4-11)10-21-13-7-8-15(20)14(9-13)16(17,18)19/h3-9,21H,2,10,20H2,1H3. The fraction of sp³-hybridized carbons (Fsp3) is 0.250. The Hall–Kier alpha value is -2.17. The van der Waals surface area contributed by atoms with Gasteiger partial charge in [0.25, 0.3) is 0 Å². The SMILES string of the molecule is CCc1ccc(CNc2ccc(N)c(C(F)(F)F)c2)cc1. The monoisotopic (exact) mass is 294 g/mol. The van der Waals surface area contributed by atoms with E-state index in [9.17, 15) is 13.2 Å². The van der Waals surface area contributed by atoms with E-state index >= 15 is 0 Å². The molecule has 2 nitrogen and oxygen atoms in total. The zero-order chi connectivity index (χ0) is 15.5. The first-order chi connectivity index (χ1) is 9.90. The van der Waals surface area contributed by atoms with E-state index in [0.29, 0.717) is 12.2 Å². The average molecular weight is 294 g/mol. The predicted molar refractivity (Wildman–Crippen MR) is 79.0 cm³/mol. The molecule has 0 aliphatic carbocycles. The van der Waals surface area contributed by atoms with Crippen LogP contribution in [0.4, 0.5) is 24.5 Å². The highest BCUT2D eigenvalue weighted by Crippen LogP contribution is 2.35. The molecule has 5 heteroatoms. The summed E-state index contributed by atoms with van der Waals surface area (Å²) in [6, 6.07) is 11.8. The molecule has 2 rings (SSSR count). The van der Waals surface area contributed by atoms with Gasteiger partial charge in [-0.3, -0.25) is 0 Å². The van der Waals surface area contributed by atoms with Gasteiger partial charge in [-0.05, 0) is 35.7 Å². The number of halogens is 3. The summed E-state index contributed by atoms with van der Waals surface area (Å²) in [4.78, 5) is 0. The lowest BCUT2D eigenvalue weighted by molar-refractivity contribution is -0.136. The van der Waals surface area contributed by atoms with Crippen LogP contribution in [0.5, 0.6) is 0 Å². The number of hydrogen-bond acceptors (Lipinski definition) is 2. The summed E-state index contributed by atoms with van der Waals surface area (Å²) in [6.07, 6.45) is -3.48. The first-order valence-corrected chi connectivity index (χ1v) is 6.68. The molecule has 0 radical (unpaired) electrons. The molecule has 2 aromatic carbocycles. The summed E-state index contributed by atoms with van der Waals surface area (Å²) in [5.41, 5.74) is 6.93. The second kappa shape index (κ2) is 6.08. The van der Waals surface area contributed by atoms with Crippen molar-refractivity contribution in [1.29, 1.82) is 0 Å². The number of alkyl halides is 3. The van der Waals surface area contributed by atoms with Crippen molar-refractivity contribution < 1.29 is 13.2 Å². The van der Waals surface area contributed by atoms with Gasteiger partial charge in [0, 0.05) is 17.9 Å². The maximum absolute atomic E-state index is 12.8. The first-order valence-electron chi connectivity index (χ1n) is 6.68. The highest BCUT2D eigenvalue weighted by atomic mass is 19.4. The fourth-order valence-electron chi connectivity index (χ4n) is 2.01.